The van der Waals surface area contributed by atoms with Gasteiger partial charge in [0.25, 0.3) is 5.91 Å². The minimum absolute atomic E-state index is 0.157. The molecular formula is C22H21N3O2S. The summed E-state index contributed by atoms with van der Waals surface area (Å²) in [5, 5.41) is 8.41. The number of aryl methyl sites for hydroxylation is 1. The van der Waals surface area contributed by atoms with Gasteiger partial charge in [0.1, 0.15) is 0 Å². The van der Waals surface area contributed by atoms with Crippen LogP contribution in [-0.2, 0) is 0 Å². The predicted molar refractivity (Wildman–Crippen MR) is 116 cm³/mol. The highest BCUT2D eigenvalue weighted by atomic mass is 32.2. The van der Waals surface area contributed by atoms with Crippen LogP contribution in [0.3, 0.4) is 0 Å². The van der Waals surface area contributed by atoms with Crippen molar-refractivity contribution in [3.63, 3.8) is 0 Å². The lowest BCUT2D eigenvalue weighted by Crippen LogP contribution is -2.19. The van der Waals surface area contributed by atoms with Gasteiger partial charge < -0.3 is 16.0 Å². The molecule has 0 fully saturated rings. The van der Waals surface area contributed by atoms with Gasteiger partial charge in [-0.1, -0.05) is 24.3 Å². The number of rotatable bonds is 5. The molecule has 0 aliphatic rings. The number of thioether (sulfide) groups is 1. The number of benzene rings is 3. The zero-order chi connectivity index (χ0) is 19.9. The van der Waals surface area contributed by atoms with Gasteiger partial charge in [-0.2, -0.15) is 0 Å². The standard InChI is InChI=1S/C22H21N3O2S/c1-15-8-13-19(28-2)14-20(15)21(26)23-17-9-11-18(12-10-17)25-22(27)24-16-6-4-3-5-7-16/h3-14H,1-2H3,(H,23,26)(H2,24,25,27). The van der Waals surface area contributed by atoms with Crippen LogP contribution >= 0.6 is 11.8 Å². The molecule has 3 amide bonds. The average Bonchev–Trinajstić information content (AvgIpc) is 2.70. The first-order valence-corrected chi connectivity index (χ1v) is 9.97. The number of anilines is 3. The maximum atomic E-state index is 12.6. The van der Waals surface area contributed by atoms with Crippen LogP contribution in [0.15, 0.2) is 77.7 Å². The Balaban J connectivity index is 1.61. The number of carbonyl (C=O) groups is 2. The van der Waals surface area contributed by atoms with Crippen molar-refractivity contribution in [1.29, 1.82) is 0 Å². The van der Waals surface area contributed by atoms with E-state index in [0.29, 0.717) is 22.6 Å². The van der Waals surface area contributed by atoms with E-state index in [1.165, 1.54) is 0 Å². The molecule has 0 aliphatic carbocycles. The molecule has 6 heteroatoms. The van der Waals surface area contributed by atoms with Crippen LogP contribution in [0, 0.1) is 6.92 Å². The fourth-order valence-corrected chi connectivity index (χ4v) is 3.06. The van der Waals surface area contributed by atoms with E-state index in [0.717, 1.165) is 10.5 Å². The Bertz CT molecular complexity index is 973. The Kier molecular flexibility index (Phi) is 6.34. The van der Waals surface area contributed by atoms with E-state index in [1.807, 2.05) is 61.7 Å². The molecule has 3 aromatic carbocycles. The van der Waals surface area contributed by atoms with E-state index in [2.05, 4.69) is 16.0 Å². The van der Waals surface area contributed by atoms with Gasteiger partial charge >= 0.3 is 6.03 Å². The van der Waals surface area contributed by atoms with Crippen LogP contribution in [0.2, 0.25) is 0 Å². The van der Waals surface area contributed by atoms with Gasteiger partial charge in [0, 0.05) is 27.5 Å². The van der Waals surface area contributed by atoms with Crippen molar-refractivity contribution in [1.82, 2.24) is 0 Å². The van der Waals surface area contributed by atoms with Crippen LogP contribution in [0.1, 0.15) is 15.9 Å². The van der Waals surface area contributed by atoms with Gasteiger partial charge in [-0.3, -0.25) is 4.79 Å². The minimum atomic E-state index is -0.326. The molecule has 5 nitrogen and oxygen atoms in total. The predicted octanol–water partition coefficient (Wildman–Crippen LogP) is 5.61. The fourth-order valence-electron chi connectivity index (χ4n) is 2.62. The molecule has 0 bridgehead atoms. The number of hydrogen-bond acceptors (Lipinski definition) is 3. The normalized spacial score (nSPS) is 10.2. The summed E-state index contributed by atoms with van der Waals surface area (Å²) in [6.45, 7) is 1.91. The third-order valence-corrected chi connectivity index (χ3v) is 4.85. The van der Waals surface area contributed by atoms with Crippen molar-refractivity contribution in [2.24, 2.45) is 0 Å². The highest BCUT2D eigenvalue weighted by molar-refractivity contribution is 7.98. The molecule has 28 heavy (non-hydrogen) atoms. The number of hydrogen-bond donors (Lipinski definition) is 3. The molecule has 0 unspecified atom stereocenters. The van der Waals surface area contributed by atoms with Gasteiger partial charge in [0.15, 0.2) is 0 Å². The molecule has 3 N–H and O–H groups in total. The van der Waals surface area contributed by atoms with Gasteiger partial charge in [-0.05, 0) is 67.3 Å². The quantitative estimate of drug-likeness (QED) is 0.495. The summed E-state index contributed by atoms with van der Waals surface area (Å²) in [6, 6.07) is 21.7. The monoisotopic (exact) mass is 391 g/mol. The largest absolute Gasteiger partial charge is 0.323 e. The van der Waals surface area contributed by atoms with E-state index < -0.39 is 0 Å². The first-order chi connectivity index (χ1) is 13.5. The number of para-hydroxylation sites is 1. The zero-order valence-electron chi connectivity index (χ0n) is 15.7. The minimum Gasteiger partial charge on any atom is -0.322 e. The van der Waals surface area contributed by atoms with E-state index in [-0.39, 0.29) is 11.9 Å². The molecule has 142 valence electrons. The van der Waals surface area contributed by atoms with Gasteiger partial charge in [-0.25, -0.2) is 4.79 Å². The Labute approximate surface area is 168 Å². The molecular weight excluding hydrogens is 370 g/mol. The maximum Gasteiger partial charge on any atom is 0.323 e. The number of amides is 3. The zero-order valence-corrected chi connectivity index (χ0v) is 16.5. The summed E-state index contributed by atoms with van der Waals surface area (Å²) in [5.41, 5.74) is 3.58. The molecule has 0 saturated carbocycles. The van der Waals surface area contributed by atoms with E-state index in [9.17, 15) is 9.59 Å². The maximum absolute atomic E-state index is 12.6. The second-order valence-corrected chi connectivity index (χ2v) is 7.04. The summed E-state index contributed by atoms with van der Waals surface area (Å²) in [6.07, 6.45) is 1.98. The SMILES string of the molecule is CSc1ccc(C)c(C(=O)Nc2ccc(NC(=O)Nc3ccccc3)cc2)c1. The molecule has 0 aliphatic heterocycles. The molecule has 0 saturated heterocycles. The average molecular weight is 391 g/mol. The van der Waals surface area contributed by atoms with Crippen molar-refractivity contribution >= 4 is 40.8 Å². The van der Waals surface area contributed by atoms with E-state index in [4.69, 9.17) is 0 Å². The lowest BCUT2D eigenvalue weighted by Gasteiger charge is -2.11. The summed E-state index contributed by atoms with van der Waals surface area (Å²) >= 11 is 1.60. The molecule has 0 radical (unpaired) electrons. The van der Waals surface area contributed by atoms with Crippen LogP contribution in [0.5, 0.6) is 0 Å². The van der Waals surface area contributed by atoms with Crippen LogP contribution in [0.4, 0.5) is 21.9 Å². The van der Waals surface area contributed by atoms with Crippen molar-refractivity contribution in [2.45, 2.75) is 11.8 Å². The third kappa shape index (κ3) is 5.14. The van der Waals surface area contributed by atoms with Gasteiger partial charge in [0.05, 0.1) is 0 Å². The van der Waals surface area contributed by atoms with E-state index in [1.54, 1.807) is 36.0 Å². The smallest absolute Gasteiger partial charge is 0.322 e. The molecule has 0 heterocycles. The van der Waals surface area contributed by atoms with Crippen molar-refractivity contribution in [2.75, 3.05) is 22.2 Å². The Morgan fingerprint density at radius 2 is 1.32 bits per heavy atom. The van der Waals surface area contributed by atoms with E-state index >= 15 is 0 Å². The Morgan fingerprint density at radius 3 is 1.93 bits per heavy atom. The topological polar surface area (TPSA) is 70.2 Å². The number of urea groups is 1. The molecule has 3 rings (SSSR count). The number of carbonyl (C=O) groups excluding carboxylic acids is 2. The highest BCUT2D eigenvalue weighted by Gasteiger charge is 2.10. The molecule has 0 spiro atoms. The lowest BCUT2D eigenvalue weighted by atomic mass is 10.1. The molecule has 3 aromatic rings. The van der Waals surface area contributed by atoms with Crippen LogP contribution < -0.4 is 16.0 Å². The summed E-state index contributed by atoms with van der Waals surface area (Å²) in [7, 11) is 0. The Hall–Kier alpha value is -3.25. The first kappa shape index (κ1) is 19.5. The fraction of sp³-hybridized carbons (Fsp3) is 0.0909. The summed E-state index contributed by atoms with van der Waals surface area (Å²) < 4.78 is 0. The lowest BCUT2D eigenvalue weighted by molar-refractivity contribution is 0.102. The van der Waals surface area contributed by atoms with Crippen molar-refractivity contribution in [3.05, 3.63) is 83.9 Å². The second kappa shape index (κ2) is 9.10. The number of nitrogens with one attached hydrogen (secondary N) is 3. The first-order valence-electron chi connectivity index (χ1n) is 8.74. The summed E-state index contributed by atoms with van der Waals surface area (Å²) in [4.78, 5) is 25.6. The van der Waals surface area contributed by atoms with Crippen molar-refractivity contribution < 1.29 is 9.59 Å². The molecule has 0 atom stereocenters. The van der Waals surface area contributed by atoms with Gasteiger partial charge in [-0.15, -0.1) is 11.8 Å². The van der Waals surface area contributed by atoms with Crippen molar-refractivity contribution in [3.8, 4) is 0 Å². The highest BCUT2D eigenvalue weighted by Crippen LogP contribution is 2.21. The second-order valence-electron chi connectivity index (χ2n) is 6.16. The Morgan fingerprint density at radius 1 is 0.750 bits per heavy atom. The summed E-state index contributed by atoms with van der Waals surface area (Å²) in [5.74, 6) is -0.157. The molecule has 0 aromatic heterocycles. The van der Waals surface area contributed by atoms with Crippen LogP contribution in [0.25, 0.3) is 0 Å². The van der Waals surface area contributed by atoms with Gasteiger partial charge in [0.2, 0.25) is 0 Å². The third-order valence-electron chi connectivity index (χ3n) is 4.12. The van der Waals surface area contributed by atoms with Crippen LogP contribution in [-0.4, -0.2) is 18.2 Å².